The Morgan fingerprint density at radius 2 is 1.90 bits per heavy atom. The van der Waals surface area contributed by atoms with E-state index in [9.17, 15) is 4.39 Å². The van der Waals surface area contributed by atoms with E-state index in [4.69, 9.17) is 23.2 Å². The first-order valence-corrected chi connectivity index (χ1v) is 6.92. The Bertz CT molecular complexity index is 630. The standard InChI is InChI=1S/C11H9BrCl2FN5/c1-20(2)11-18-9(14)17-10(19-11)16-8-6(12)3-5(15)4-7(8)13/h3-4H,1-2H3,(H,16,17,18,19). The molecule has 0 atom stereocenters. The molecule has 2 aromatic rings. The molecule has 0 unspecified atom stereocenters. The first-order valence-electron chi connectivity index (χ1n) is 5.37. The summed E-state index contributed by atoms with van der Waals surface area (Å²) in [7, 11) is 3.55. The van der Waals surface area contributed by atoms with Crippen LogP contribution in [-0.2, 0) is 0 Å². The minimum absolute atomic E-state index is 0.0422. The molecule has 1 N–H and O–H groups in total. The van der Waals surface area contributed by atoms with E-state index >= 15 is 0 Å². The van der Waals surface area contributed by atoms with E-state index in [1.165, 1.54) is 12.1 Å². The van der Waals surface area contributed by atoms with E-state index in [2.05, 4.69) is 36.2 Å². The van der Waals surface area contributed by atoms with Crippen molar-refractivity contribution in [1.29, 1.82) is 0 Å². The zero-order chi connectivity index (χ0) is 14.9. The molecule has 0 saturated heterocycles. The van der Waals surface area contributed by atoms with Gasteiger partial charge in [-0.1, -0.05) is 11.6 Å². The number of rotatable bonds is 3. The number of nitrogens with zero attached hydrogens (tertiary/aromatic N) is 4. The molecule has 1 heterocycles. The summed E-state index contributed by atoms with van der Waals surface area (Å²) in [5.41, 5.74) is 0.444. The summed E-state index contributed by atoms with van der Waals surface area (Å²) in [6.07, 6.45) is 0. The molecule has 0 aliphatic carbocycles. The lowest BCUT2D eigenvalue weighted by atomic mass is 10.3. The Balaban J connectivity index is 2.40. The second-order valence-electron chi connectivity index (χ2n) is 3.99. The Morgan fingerprint density at radius 1 is 1.20 bits per heavy atom. The van der Waals surface area contributed by atoms with Crippen LogP contribution in [0, 0.1) is 5.82 Å². The number of nitrogens with one attached hydrogen (secondary N) is 1. The summed E-state index contributed by atoms with van der Waals surface area (Å²) in [5.74, 6) is 0.153. The van der Waals surface area contributed by atoms with Gasteiger partial charge in [-0.2, -0.15) is 15.0 Å². The summed E-state index contributed by atoms with van der Waals surface area (Å²) < 4.78 is 13.6. The molecule has 2 rings (SSSR count). The maximum Gasteiger partial charge on any atom is 0.233 e. The Kier molecular flexibility index (Phi) is 4.62. The third-order valence-corrected chi connectivity index (χ3v) is 3.33. The van der Waals surface area contributed by atoms with Crippen molar-refractivity contribution in [3.8, 4) is 0 Å². The smallest absolute Gasteiger partial charge is 0.233 e. The average Bonchev–Trinajstić information content (AvgIpc) is 2.33. The van der Waals surface area contributed by atoms with E-state index in [0.29, 0.717) is 16.1 Å². The summed E-state index contributed by atoms with van der Waals surface area (Å²) >= 11 is 15.0. The Labute approximate surface area is 133 Å². The molecule has 0 amide bonds. The van der Waals surface area contributed by atoms with Gasteiger partial charge in [0.05, 0.1) is 10.7 Å². The topological polar surface area (TPSA) is 53.9 Å². The highest BCUT2D eigenvalue weighted by molar-refractivity contribution is 9.10. The predicted octanol–water partition coefficient (Wildman–Crippen LogP) is 3.89. The third-order valence-electron chi connectivity index (χ3n) is 2.24. The van der Waals surface area contributed by atoms with Crippen LogP contribution < -0.4 is 10.2 Å². The number of anilines is 3. The SMILES string of the molecule is CN(C)c1nc(Cl)nc(Nc2c(Cl)cc(F)cc2Br)n1. The van der Waals surface area contributed by atoms with Crippen LogP contribution >= 0.6 is 39.1 Å². The van der Waals surface area contributed by atoms with Gasteiger partial charge in [-0.25, -0.2) is 4.39 Å². The molecule has 5 nitrogen and oxygen atoms in total. The lowest BCUT2D eigenvalue weighted by Crippen LogP contribution is -2.14. The molecule has 9 heteroatoms. The molecule has 20 heavy (non-hydrogen) atoms. The fraction of sp³-hybridized carbons (Fsp3) is 0.182. The van der Waals surface area contributed by atoms with Gasteiger partial charge < -0.3 is 10.2 Å². The van der Waals surface area contributed by atoms with Gasteiger partial charge in [0, 0.05) is 18.6 Å². The lowest BCUT2D eigenvalue weighted by Gasteiger charge is -2.13. The number of aromatic nitrogens is 3. The van der Waals surface area contributed by atoms with Crippen LogP contribution in [0.5, 0.6) is 0 Å². The molecule has 0 bridgehead atoms. The minimum Gasteiger partial charge on any atom is -0.347 e. The summed E-state index contributed by atoms with van der Waals surface area (Å²) in [4.78, 5) is 13.8. The van der Waals surface area contributed by atoms with Gasteiger partial charge in [0.25, 0.3) is 0 Å². The molecule has 1 aromatic carbocycles. The molecule has 106 valence electrons. The summed E-state index contributed by atoms with van der Waals surface area (Å²) in [6, 6.07) is 2.47. The monoisotopic (exact) mass is 379 g/mol. The lowest BCUT2D eigenvalue weighted by molar-refractivity contribution is 0.627. The molecule has 0 saturated carbocycles. The second-order valence-corrected chi connectivity index (χ2v) is 5.59. The minimum atomic E-state index is -0.449. The normalized spacial score (nSPS) is 10.5. The molecule has 1 aromatic heterocycles. The maximum atomic E-state index is 13.2. The van der Waals surface area contributed by atoms with Gasteiger partial charge in [-0.3, -0.25) is 0 Å². The molecular weight excluding hydrogens is 372 g/mol. The zero-order valence-electron chi connectivity index (χ0n) is 10.5. The van der Waals surface area contributed by atoms with E-state index in [1.807, 2.05) is 0 Å². The quantitative estimate of drug-likeness (QED) is 0.875. The molecule has 0 spiro atoms. The van der Waals surface area contributed by atoms with E-state index in [1.54, 1.807) is 19.0 Å². The molecular formula is C11H9BrCl2FN5. The van der Waals surface area contributed by atoms with Crippen LogP contribution in [-0.4, -0.2) is 29.0 Å². The van der Waals surface area contributed by atoms with Gasteiger partial charge in [0.2, 0.25) is 17.2 Å². The van der Waals surface area contributed by atoms with Crippen molar-refractivity contribution in [3.63, 3.8) is 0 Å². The number of benzene rings is 1. The van der Waals surface area contributed by atoms with Crippen LogP contribution in [0.3, 0.4) is 0 Å². The van der Waals surface area contributed by atoms with Crippen molar-refractivity contribution < 1.29 is 4.39 Å². The third kappa shape index (κ3) is 3.47. The van der Waals surface area contributed by atoms with Crippen molar-refractivity contribution in [3.05, 3.63) is 32.7 Å². The maximum absolute atomic E-state index is 13.2. The van der Waals surface area contributed by atoms with Gasteiger partial charge >= 0.3 is 0 Å². The number of hydrogen-bond donors (Lipinski definition) is 1. The highest BCUT2D eigenvalue weighted by atomic mass is 79.9. The fourth-order valence-electron chi connectivity index (χ4n) is 1.37. The number of hydrogen-bond acceptors (Lipinski definition) is 5. The summed E-state index contributed by atoms with van der Waals surface area (Å²) in [6.45, 7) is 0. The van der Waals surface area contributed by atoms with Gasteiger partial charge in [0.15, 0.2) is 0 Å². The largest absolute Gasteiger partial charge is 0.347 e. The highest BCUT2D eigenvalue weighted by Gasteiger charge is 2.12. The van der Waals surface area contributed by atoms with Crippen molar-refractivity contribution in [2.24, 2.45) is 0 Å². The predicted molar refractivity (Wildman–Crippen MR) is 81.6 cm³/mol. The van der Waals surface area contributed by atoms with Crippen LogP contribution in [0.15, 0.2) is 16.6 Å². The molecule has 0 aliphatic rings. The molecule has 0 fully saturated rings. The first-order chi connectivity index (χ1) is 9.36. The van der Waals surface area contributed by atoms with Crippen molar-refractivity contribution >= 4 is 56.7 Å². The summed E-state index contributed by atoms with van der Waals surface area (Å²) in [5, 5.41) is 3.12. The van der Waals surface area contributed by atoms with Crippen molar-refractivity contribution in [2.45, 2.75) is 0 Å². The second kappa shape index (κ2) is 6.07. The highest BCUT2D eigenvalue weighted by Crippen LogP contribution is 2.33. The Morgan fingerprint density at radius 3 is 2.50 bits per heavy atom. The van der Waals surface area contributed by atoms with Crippen molar-refractivity contribution in [1.82, 2.24) is 15.0 Å². The number of halogens is 4. The van der Waals surface area contributed by atoms with Crippen molar-refractivity contribution in [2.75, 3.05) is 24.3 Å². The van der Waals surface area contributed by atoms with Crippen LogP contribution in [0.2, 0.25) is 10.3 Å². The zero-order valence-corrected chi connectivity index (χ0v) is 13.6. The van der Waals surface area contributed by atoms with Gasteiger partial charge in [-0.05, 0) is 39.7 Å². The van der Waals surface area contributed by atoms with Gasteiger partial charge in [0.1, 0.15) is 5.82 Å². The van der Waals surface area contributed by atoms with Gasteiger partial charge in [-0.15, -0.1) is 0 Å². The van der Waals surface area contributed by atoms with Crippen LogP contribution in [0.1, 0.15) is 0 Å². The van der Waals surface area contributed by atoms with E-state index < -0.39 is 5.82 Å². The van der Waals surface area contributed by atoms with E-state index in [-0.39, 0.29) is 16.3 Å². The molecule has 0 aliphatic heterocycles. The molecule has 0 radical (unpaired) electrons. The first kappa shape index (κ1) is 15.2. The Hall–Kier alpha value is -1.18. The fourth-order valence-corrected chi connectivity index (χ4v) is 2.42. The van der Waals surface area contributed by atoms with Crippen LogP contribution in [0.25, 0.3) is 0 Å². The van der Waals surface area contributed by atoms with E-state index in [0.717, 1.165) is 0 Å². The average molecular weight is 381 g/mol. The van der Waals surface area contributed by atoms with Crippen LogP contribution in [0.4, 0.5) is 22.0 Å².